The van der Waals surface area contributed by atoms with Gasteiger partial charge in [-0.05, 0) is 30.5 Å². The van der Waals surface area contributed by atoms with Crippen molar-refractivity contribution in [2.45, 2.75) is 33.6 Å². The van der Waals surface area contributed by atoms with Crippen molar-refractivity contribution in [3.05, 3.63) is 47.2 Å². The standard InChI is InChI=1S/C24H29FN4O3S/c1-17(2)8-10-22(31)27-12-14-28(15-13-27)23(32)11-9-19-16-33-24(26-19)29(18(3)30)21-7-5-4-6-20(21)25/h4-7,9,11,16-17H,8,10,12-15H2,1-3H3. The molecule has 1 aromatic heterocycles. The summed E-state index contributed by atoms with van der Waals surface area (Å²) in [6, 6.07) is 6.01. The topological polar surface area (TPSA) is 73.8 Å². The summed E-state index contributed by atoms with van der Waals surface area (Å²) in [7, 11) is 0. The Morgan fingerprint density at radius 2 is 1.82 bits per heavy atom. The van der Waals surface area contributed by atoms with Crippen molar-refractivity contribution in [2.75, 3.05) is 31.1 Å². The summed E-state index contributed by atoms with van der Waals surface area (Å²) >= 11 is 1.19. The first-order chi connectivity index (χ1) is 15.8. The minimum atomic E-state index is -0.517. The Balaban J connectivity index is 1.59. The van der Waals surface area contributed by atoms with Crippen LogP contribution in [0.5, 0.6) is 0 Å². The van der Waals surface area contributed by atoms with Gasteiger partial charge in [-0.1, -0.05) is 26.0 Å². The van der Waals surface area contributed by atoms with E-state index in [0.717, 1.165) is 6.42 Å². The van der Waals surface area contributed by atoms with E-state index in [1.807, 2.05) is 4.90 Å². The Bertz CT molecular complexity index is 1030. The van der Waals surface area contributed by atoms with Crippen molar-refractivity contribution in [1.29, 1.82) is 0 Å². The molecule has 0 N–H and O–H groups in total. The van der Waals surface area contributed by atoms with Gasteiger partial charge in [0.2, 0.25) is 17.7 Å². The highest BCUT2D eigenvalue weighted by atomic mass is 32.1. The fourth-order valence-corrected chi connectivity index (χ4v) is 4.35. The summed E-state index contributed by atoms with van der Waals surface area (Å²) < 4.78 is 14.2. The van der Waals surface area contributed by atoms with Crippen molar-refractivity contribution in [2.24, 2.45) is 5.92 Å². The van der Waals surface area contributed by atoms with Gasteiger partial charge in [-0.25, -0.2) is 9.37 Å². The molecule has 1 saturated heterocycles. The number of hydrogen-bond acceptors (Lipinski definition) is 5. The van der Waals surface area contributed by atoms with Crippen molar-refractivity contribution < 1.29 is 18.8 Å². The highest BCUT2D eigenvalue weighted by Crippen LogP contribution is 2.31. The van der Waals surface area contributed by atoms with E-state index < -0.39 is 5.82 Å². The number of para-hydroxylation sites is 1. The molecule has 0 atom stereocenters. The highest BCUT2D eigenvalue weighted by Gasteiger charge is 2.23. The first kappa shape index (κ1) is 24.6. The fraction of sp³-hybridized carbons (Fsp3) is 0.417. The van der Waals surface area contributed by atoms with E-state index >= 15 is 0 Å². The zero-order valence-corrected chi connectivity index (χ0v) is 20.0. The van der Waals surface area contributed by atoms with Gasteiger partial charge in [0.05, 0.1) is 11.4 Å². The predicted octanol–water partition coefficient (Wildman–Crippen LogP) is 4.09. The number of anilines is 2. The molecule has 0 saturated carbocycles. The van der Waals surface area contributed by atoms with Crippen LogP contribution in [0.25, 0.3) is 6.08 Å². The molecule has 1 aliphatic heterocycles. The summed E-state index contributed by atoms with van der Waals surface area (Å²) in [5.41, 5.74) is 0.639. The predicted molar refractivity (Wildman–Crippen MR) is 128 cm³/mol. The van der Waals surface area contributed by atoms with Crippen LogP contribution >= 0.6 is 11.3 Å². The van der Waals surface area contributed by atoms with E-state index in [4.69, 9.17) is 0 Å². The van der Waals surface area contributed by atoms with E-state index in [-0.39, 0.29) is 23.4 Å². The first-order valence-electron chi connectivity index (χ1n) is 11.0. The van der Waals surface area contributed by atoms with Gasteiger partial charge in [0, 0.05) is 51.0 Å². The van der Waals surface area contributed by atoms with Crippen molar-refractivity contribution in [3.8, 4) is 0 Å². The van der Waals surface area contributed by atoms with E-state index in [9.17, 15) is 18.8 Å². The van der Waals surface area contributed by atoms with Gasteiger partial charge < -0.3 is 9.80 Å². The minimum absolute atomic E-state index is 0.131. The fourth-order valence-electron chi connectivity index (χ4n) is 3.50. The quantitative estimate of drug-likeness (QED) is 0.569. The van der Waals surface area contributed by atoms with Crippen molar-refractivity contribution >= 4 is 46.0 Å². The summed E-state index contributed by atoms with van der Waals surface area (Å²) in [4.78, 5) is 46.1. The number of thiazole rings is 1. The molecule has 1 aliphatic rings. The van der Waals surface area contributed by atoms with Gasteiger partial charge in [-0.2, -0.15) is 0 Å². The molecule has 176 valence electrons. The number of benzene rings is 1. The lowest BCUT2D eigenvalue weighted by molar-refractivity contribution is -0.137. The summed E-state index contributed by atoms with van der Waals surface area (Å²) in [6.45, 7) is 7.59. The molecular weight excluding hydrogens is 443 g/mol. The van der Waals surface area contributed by atoms with Crippen LogP contribution in [0.2, 0.25) is 0 Å². The van der Waals surface area contributed by atoms with Gasteiger partial charge in [0.15, 0.2) is 5.13 Å². The average molecular weight is 473 g/mol. The number of aromatic nitrogens is 1. The normalized spacial score (nSPS) is 14.2. The van der Waals surface area contributed by atoms with E-state index in [1.165, 1.54) is 41.4 Å². The highest BCUT2D eigenvalue weighted by molar-refractivity contribution is 7.14. The number of halogens is 1. The van der Waals surface area contributed by atoms with Crippen LogP contribution in [0.1, 0.15) is 39.3 Å². The Kier molecular flexibility index (Phi) is 8.32. The Morgan fingerprint density at radius 3 is 2.45 bits per heavy atom. The zero-order chi connectivity index (χ0) is 24.0. The molecular formula is C24H29FN4O3S. The second-order valence-electron chi connectivity index (χ2n) is 8.33. The third-order valence-electron chi connectivity index (χ3n) is 5.39. The molecule has 3 rings (SSSR count). The SMILES string of the molecule is CC(=O)N(c1nc(C=CC(=O)N2CCN(C(=O)CCC(C)C)CC2)cs1)c1ccccc1F. The average Bonchev–Trinajstić information content (AvgIpc) is 3.25. The molecule has 1 aromatic carbocycles. The van der Waals surface area contributed by atoms with Crippen molar-refractivity contribution in [3.63, 3.8) is 0 Å². The smallest absolute Gasteiger partial charge is 0.246 e. The molecule has 33 heavy (non-hydrogen) atoms. The second-order valence-corrected chi connectivity index (χ2v) is 9.17. The molecule has 0 spiro atoms. The lowest BCUT2D eigenvalue weighted by atomic mass is 10.1. The van der Waals surface area contributed by atoms with Crippen LogP contribution in [0.15, 0.2) is 35.7 Å². The molecule has 1 fully saturated rings. The van der Waals surface area contributed by atoms with Gasteiger partial charge in [0.25, 0.3) is 0 Å². The second kappa shape index (κ2) is 11.2. The summed E-state index contributed by atoms with van der Waals surface area (Å²) in [5.74, 6) is -0.399. The molecule has 3 amide bonds. The number of carbonyl (C=O) groups excluding carboxylic acids is 3. The third kappa shape index (κ3) is 6.47. The Morgan fingerprint density at radius 1 is 1.15 bits per heavy atom. The number of piperazine rings is 1. The largest absolute Gasteiger partial charge is 0.339 e. The van der Waals surface area contributed by atoms with Crippen LogP contribution in [-0.4, -0.2) is 58.7 Å². The molecule has 0 radical (unpaired) electrons. The lowest BCUT2D eigenvalue weighted by Crippen LogP contribution is -2.50. The van der Waals surface area contributed by atoms with Gasteiger partial charge in [-0.3, -0.25) is 19.3 Å². The maximum Gasteiger partial charge on any atom is 0.246 e. The Hall–Kier alpha value is -3.07. The van der Waals surface area contributed by atoms with E-state index in [1.54, 1.807) is 28.5 Å². The Labute approximate surface area is 197 Å². The number of nitrogens with zero attached hydrogens (tertiary/aromatic N) is 4. The maximum atomic E-state index is 14.2. The lowest BCUT2D eigenvalue weighted by Gasteiger charge is -2.34. The third-order valence-corrected chi connectivity index (χ3v) is 6.23. The molecule has 0 aliphatic carbocycles. The van der Waals surface area contributed by atoms with Crippen LogP contribution in [0.3, 0.4) is 0 Å². The maximum absolute atomic E-state index is 14.2. The molecule has 2 aromatic rings. The van der Waals surface area contributed by atoms with Gasteiger partial charge in [-0.15, -0.1) is 11.3 Å². The molecule has 9 heteroatoms. The van der Waals surface area contributed by atoms with E-state index in [2.05, 4.69) is 18.8 Å². The zero-order valence-electron chi connectivity index (χ0n) is 19.2. The molecule has 0 bridgehead atoms. The van der Waals surface area contributed by atoms with Crippen LogP contribution < -0.4 is 4.90 Å². The van der Waals surface area contributed by atoms with Crippen LogP contribution in [-0.2, 0) is 14.4 Å². The molecule has 7 nitrogen and oxygen atoms in total. The number of rotatable bonds is 7. The monoisotopic (exact) mass is 472 g/mol. The number of hydrogen-bond donors (Lipinski definition) is 0. The molecule has 2 heterocycles. The first-order valence-corrected chi connectivity index (χ1v) is 11.9. The number of amides is 3. The molecule has 0 unspecified atom stereocenters. The number of carbonyl (C=O) groups is 3. The van der Waals surface area contributed by atoms with Crippen LogP contribution in [0, 0.1) is 11.7 Å². The summed E-state index contributed by atoms with van der Waals surface area (Å²) in [6.07, 6.45) is 4.44. The summed E-state index contributed by atoms with van der Waals surface area (Å²) in [5, 5.41) is 2.04. The van der Waals surface area contributed by atoms with Crippen LogP contribution in [0.4, 0.5) is 15.2 Å². The van der Waals surface area contributed by atoms with Crippen molar-refractivity contribution in [1.82, 2.24) is 14.8 Å². The van der Waals surface area contributed by atoms with Gasteiger partial charge >= 0.3 is 0 Å². The minimum Gasteiger partial charge on any atom is -0.339 e. The van der Waals surface area contributed by atoms with Gasteiger partial charge in [0.1, 0.15) is 5.82 Å². The van der Waals surface area contributed by atoms with E-state index in [0.29, 0.717) is 49.3 Å².